The minimum Gasteiger partial charge on any atom is -0.484 e. The normalized spacial score (nSPS) is 19.0. The van der Waals surface area contributed by atoms with Gasteiger partial charge >= 0.3 is 0 Å². The first kappa shape index (κ1) is 19.7. The van der Waals surface area contributed by atoms with Crippen LogP contribution in [0.5, 0.6) is 5.75 Å². The molecule has 0 bridgehead atoms. The van der Waals surface area contributed by atoms with Crippen LogP contribution in [0.4, 0.5) is 0 Å². The molecule has 148 valence electrons. The molecule has 6 heteroatoms. The summed E-state index contributed by atoms with van der Waals surface area (Å²) in [5, 5.41) is 3.05. The van der Waals surface area contributed by atoms with E-state index in [1.807, 2.05) is 36.1 Å². The van der Waals surface area contributed by atoms with Crippen molar-refractivity contribution in [2.75, 3.05) is 32.8 Å². The number of hydrogen-bond donors (Lipinski definition) is 1. The summed E-state index contributed by atoms with van der Waals surface area (Å²) in [4.78, 5) is 28.6. The van der Waals surface area contributed by atoms with Crippen molar-refractivity contribution in [1.29, 1.82) is 0 Å². The average molecular weight is 373 g/mol. The third kappa shape index (κ3) is 5.45. The number of amides is 2. The Kier molecular flexibility index (Phi) is 6.37. The molecular formula is C21H31N3O3. The van der Waals surface area contributed by atoms with Crippen molar-refractivity contribution in [3.63, 3.8) is 0 Å². The highest BCUT2D eigenvalue weighted by molar-refractivity contribution is 5.82. The monoisotopic (exact) mass is 373 g/mol. The summed E-state index contributed by atoms with van der Waals surface area (Å²) in [6.45, 7) is 9.00. The molecule has 0 aromatic heterocycles. The summed E-state index contributed by atoms with van der Waals surface area (Å²) in [6, 6.07) is 8.16. The van der Waals surface area contributed by atoms with E-state index >= 15 is 0 Å². The number of ether oxygens (including phenoxy) is 1. The van der Waals surface area contributed by atoms with Gasteiger partial charge in [-0.15, -0.1) is 0 Å². The molecule has 1 aromatic carbocycles. The molecule has 1 saturated carbocycles. The SMILES string of the molecule is CC(C)c1ccc(OCC(=O)N2CCN(C(C)C(=O)NC3CC3)CC2)cc1. The van der Waals surface area contributed by atoms with Crippen LogP contribution in [0.15, 0.2) is 24.3 Å². The second-order valence-corrected chi connectivity index (χ2v) is 7.89. The van der Waals surface area contributed by atoms with E-state index < -0.39 is 0 Å². The molecule has 1 N–H and O–H groups in total. The molecule has 0 spiro atoms. The van der Waals surface area contributed by atoms with Crippen molar-refractivity contribution in [3.8, 4) is 5.75 Å². The summed E-state index contributed by atoms with van der Waals surface area (Å²) >= 11 is 0. The lowest BCUT2D eigenvalue weighted by Crippen LogP contribution is -2.55. The predicted octanol–water partition coefficient (Wildman–Crippen LogP) is 2.00. The van der Waals surface area contributed by atoms with Gasteiger partial charge in [0.25, 0.3) is 5.91 Å². The van der Waals surface area contributed by atoms with E-state index in [-0.39, 0.29) is 24.5 Å². The lowest BCUT2D eigenvalue weighted by molar-refractivity contribution is -0.136. The molecule has 1 aromatic rings. The topological polar surface area (TPSA) is 61.9 Å². The first-order valence-electron chi connectivity index (χ1n) is 9.99. The minimum absolute atomic E-state index is 0.00216. The van der Waals surface area contributed by atoms with Gasteiger partial charge in [-0.2, -0.15) is 0 Å². The zero-order valence-electron chi connectivity index (χ0n) is 16.6. The van der Waals surface area contributed by atoms with Crippen molar-refractivity contribution in [1.82, 2.24) is 15.1 Å². The molecule has 27 heavy (non-hydrogen) atoms. The van der Waals surface area contributed by atoms with Gasteiger partial charge < -0.3 is 15.0 Å². The van der Waals surface area contributed by atoms with Gasteiger partial charge in [0.1, 0.15) is 5.75 Å². The summed E-state index contributed by atoms with van der Waals surface area (Å²) in [6.07, 6.45) is 2.20. The Bertz CT molecular complexity index is 647. The molecular weight excluding hydrogens is 342 g/mol. The molecule has 3 rings (SSSR count). The van der Waals surface area contributed by atoms with E-state index in [0.717, 1.165) is 18.6 Å². The molecule has 2 amide bonds. The number of benzene rings is 1. The Labute approximate surface area is 161 Å². The van der Waals surface area contributed by atoms with Crippen LogP contribution in [0, 0.1) is 0 Å². The van der Waals surface area contributed by atoms with E-state index in [1.165, 1.54) is 5.56 Å². The maximum absolute atomic E-state index is 12.4. The zero-order chi connectivity index (χ0) is 19.4. The first-order valence-corrected chi connectivity index (χ1v) is 9.99. The van der Waals surface area contributed by atoms with E-state index in [0.29, 0.717) is 38.1 Å². The Morgan fingerprint density at radius 3 is 2.26 bits per heavy atom. The van der Waals surface area contributed by atoms with Gasteiger partial charge in [-0.25, -0.2) is 0 Å². The van der Waals surface area contributed by atoms with Crippen LogP contribution in [-0.4, -0.2) is 66.5 Å². The highest BCUT2D eigenvalue weighted by Crippen LogP contribution is 2.20. The largest absolute Gasteiger partial charge is 0.484 e. The van der Waals surface area contributed by atoms with Crippen LogP contribution in [0.2, 0.25) is 0 Å². The average Bonchev–Trinajstić information content (AvgIpc) is 3.50. The van der Waals surface area contributed by atoms with Crippen molar-refractivity contribution < 1.29 is 14.3 Å². The Morgan fingerprint density at radius 1 is 1.07 bits per heavy atom. The zero-order valence-corrected chi connectivity index (χ0v) is 16.6. The standard InChI is InChI=1S/C21H31N3O3/c1-15(2)17-4-8-19(9-5-17)27-14-20(25)24-12-10-23(11-13-24)16(3)21(26)22-18-6-7-18/h4-5,8-9,15-16,18H,6-7,10-14H2,1-3H3,(H,22,26). The van der Waals surface area contributed by atoms with Gasteiger partial charge in [0.05, 0.1) is 6.04 Å². The number of nitrogens with zero attached hydrogens (tertiary/aromatic N) is 2. The number of piperazine rings is 1. The van der Waals surface area contributed by atoms with E-state index in [2.05, 4.69) is 24.1 Å². The maximum Gasteiger partial charge on any atom is 0.260 e. The Hall–Kier alpha value is -2.08. The molecule has 1 heterocycles. The lowest BCUT2D eigenvalue weighted by Gasteiger charge is -2.37. The molecule has 2 fully saturated rings. The fourth-order valence-corrected chi connectivity index (χ4v) is 3.26. The van der Waals surface area contributed by atoms with Gasteiger partial charge in [-0.05, 0) is 43.4 Å². The molecule has 1 atom stereocenters. The molecule has 1 aliphatic heterocycles. The Balaban J connectivity index is 1.40. The smallest absolute Gasteiger partial charge is 0.260 e. The van der Waals surface area contributed by atoms with Gasteiger partial charge in [-0.3, -0.25) is 14.5 Å². The van der Waals surface area contributed by atoms with Gasteiger partial charge in [0.2, 0.25) is 5.91 Å². The van der Waals surface area contributed by atoms with Crippen LogP contribution in [0.1, 0.15) is 45.1 Å². The molecule has 0 radical (unpaired) electrons. The number of nitrogens with one attached hydrogen (secondary N) is 1. The highest BCUT2D eigenvalue weighted by Gasteiger charge is 2.30. The third-order valence-electron chi connectivity index (χ3n) is 5.43. The van der Waals surface area contributed by atoms with Crippen molar-refractivity contribution in [2.45, 2.75) is 51.6 Å². The number of rotatable bonds is 7. The van der Waals surface area contributed by atoms with Crippen LogP contribution in [0.3, 0.4) is 0 Å². The second-order valence-electron chi connectivity index (χ2n) is 7.89. The maximum atomic E-state index is 12.4. The fourth-order valence-electron chi connectivity index (χ4n) is 3.26. The van der Waals surface area contributed by atoms with Crippen LogP contribution < -0.4 is 10.1 Å². The van der Waals surface area contributed by atoms with Gasteiger partial charge in [0, 0.05) is 32.2 Å². The second kappa shape index (κ2) is 8.74. The van der Waals surface area contributed by atoms with Crippen LogP contribution in [0.25, 0.3) is 0 Å². The number of hydrogen-bond acceptors (Lipinski definition) is 4. The molecule has 1 saturated heterocycles. The molecule has 6 nitrogen and oxygen atoms in total. The quantitative estimate of drug-likeness (QED) is 0.794. The van der Waals surface area contributed by atoms with Crippen molar-refractivity contribution >= 4 is 11.8 Å². The summed E-state index contributed by atoms with van der Waals surface area (Å²) < 4.78 is 5.65. The summed E-state index contributed by atoms with van der Waals surface area (Å²) in [5.41, 5.74) is 1.25. The Morgan fingerprint density at radius 2 is 1.70 bits per heavy atom. The highest BCUT2D eigenvalue weighted by atomic mass is 16.5. The number of carbonyl (C=O) groups is 2. The third-order valence-corrected chi connectivity index (χ3v) is 5.43. The first-order chi connectivity index (χ1) is 12.9. The molecule has 1 unspecified atom stereocenters. The molecule has 1 aliphatic carbocycles. The number of carbonyl (C=O) groups excluding carboxylic acids is 2. The summed E-state index contributed by atoms with van der Waals surface area (Å²) in [5.74, 6) is 1.30. The van der Waals surface area contributed by atoms with E-state index in [9.17, 15) is 9.59 Å². The van der Waals surface area contributed by atoms with Crippen LogP contribution >= 0.6 is 0 Å². The van der Waals surface area contributed by atoms with Gasteiger partial charge in [0.15, 0.2) is 6.61 Å². The van der Waals surface area contributed by atoms with Gasteiger partial charge in [-0.1, -0.05) is 26.0 Å². The fraction of sp³-hybridized carbons (Fsp3) is 0.619. The minimum atomic E-state index is -0.140. The van der Waals surface area contributed by atoms with Crippen LogP contribution in [-0.2, 0) is 9.59 Å². The van der Waals surface area contributed by atoms with Crippen molar-refractivity contribution in [2.24, 2.45) is 0 Å². The molecule has 2 aliphatic rings. The predicted molar refractivity (Wildman–Crippen MR) is 105 cm³/mol. The lowest BCUT2D eigenvalue weighted by atomic mass is 10.0. The van der Waals surface area contributed by atoms with Crippen molar-refractivity contribution in [3.05, 3.63) is 29.8 Å². The van der Waals surface area contributed by atoms with E-state index in [1.54, 1.807) is 0 Å². The van der Waals surface area contributed by atoms with E-state index in [4.69, 9.17) is 4.74 Å². The summed E-state index contributed by atoms with van der Waals surface area (Å²) in [7, 11) is 0.